The van der Waals surface area contributed by atoms with E-state index in [1.807, 2.05) is 31.3 Å². The third kappa shape index (κ3) is 3.29. The monoisotopic (exact) mass is 358 g/mol. The Balaban J connectivity index is 1.47. The summed E-state index contributed by atoms with van der Waals surface area (Å²) in [6.45, 7) is 7.25. The number of hydrogen-bond acceptors (Lipinski definition) is 5. The highest BCUT2D eigenvalue weighted by Gasteiger charge is 2.42. The fourth-order valence-corrected chi connectivity index (χ4v) is 4.10. The lowest BCUT2D eigenvalue weighted by Crippen LogP contribution is -2.43. The normalized spacial score (nSPS) is 24.3. The number of nitrogens with zero attached hydrogens (tertiary/aromatic N) is 4. The first-order chi connectivity index (χ1) is 12.6. The molecular formula is C19H26N4O3. The minimum Gasteiger partial charge on any atom is -0.469 e. The summed E-state index contributed by atoms with van der Waals surface area (Å²) in [7, 11) is 2.02. The number of likely N-dealkylation sites (tertiary alicyclic amines) is 1. The van der Waals surface area contributed by atoms with Crippen LogP contribution in [-0.2, 0) is 18.3 Å². The van der Waals surface area contributed by atoms with E-state index in [-0.39, 0.29) is 11.3 Å². The molecule has 0 N–H and O–H groups in total. The summed E-state index contributed by atoms with van der Waals surface area (Å²) < 4.78 is 13.3. The first-order valence-corrected chi connectivity index (χ1v) is 9.16. The molecule has 2 aliphatic rings. The fourth-order valence-electron chi connectivity index (χ4n) is 4.10. The maximum Gasteiger partial charge on any atom is 0.257 e. The van der Waals surface area contributed by atoms with E-state index in [0.717, 1.165) is 38.4 Å². The van der Waals surface area contributed by atoms with Crippen LogP contribution in [0, 0.1) is 12.3 Å². The number of aryl methyl sites for hydroxylation is 2. The van der Waals surface area contributed by atoms with Gasteiger partial charge in [0.25, 0.3) is 5.91 Å². The fraction of sp³-hybridized carbons (Fsp3) is 0.579. The zero-order valence-electron chi connectivity index (χ0n) is 15.5. The van der Waals surface area contributed by atoms with E-state index < -0.39 is 0 Å². The molecule has 0 bridgehead atoms. The molecule has 2 aromatic rings. The molecule has 2 saturated heterocycles. The van der Waals surface area contributed by atoms with E-state index in [1.165, 1.54) is 0 Å². The molecule has 1 spiro atoms. The van der Waals surface area contributed by atoms with Crippen molar-refractivity contribution in [2.45, 2.75) is 19.9 Å². The number of carbonyl (C=O) groups excluding carboxylic acids is 1. The summed E-state index contributed by atoms with van der Waals surface area (Å²) in [4.78, 5) is 21.7. The number of furan rings is 1. The standard InChI is InChI=1S/C19H26N4O3/c1-15-16(3-9-26-15)18(24)23-8-10-25-14-19(13-23)4-6-22(12-19)11-17-20-5-7-21(17)2/h3,5,7,9H,4,6,8,10-14H2,1-2H3. The summed E-state index contributed by atoms with van der Waals surface area (Å²) in [5.74, 6) is 1.79. The lowest BCUT2D eigenvalue weighted by molar-refractivity contribution is 0.0641. The van der Waals surface area contributed by atoms with E-state index in [0.29, 0.717) is 31.1 Å². The predicted molar refractivity (Wildman–Crippen MR) is 95.7 cm³/mol. The van der Waals surface area contributed by atoms with Crippen molar-refractivity contribution in [2.75, 3.05) is 39.4 Å². The minimum absolute atomic E-state index is 0.00500. The van der Waals surface area contributed by atoms with Crippen LogP contribution in [0.4, 0.5) is 0 Å². The summed E-state index contributed by atoms with van der Waals surface area (Å²) in [6, 6.07) is 1.76. The van der Waals surface area contributed by atoms with Crippen molar-refractivity contribution in [3.05, 3.63) is 41.9 Å². The van der Waals surface area contributed by atoms with Gasteiger partial charge in [-0.05, 0) is 26.0 Å². The van der Waals surface area contributed by atoms with Gasteiger partial charge >= 0.3 is 0 Å². The molecule has 1 atom stereocenters. The summed E-state index contributed by atoms with van der Waals surface area (Å²) in [5, 5.41) is 0. The third-order valence-corrected chi connectivity index (χ3v) is 5.62. The van der Waals surface area contributed by atoms with Crippen molar-refractivity contribution in [3.63, 3.8) is 0 Å². The van der Waals surface area contributed by atoms with Crippen LogP contribution < -0.4 is 0 Å². The summed E-state index contributed by atoms with van der Waals surface area (Å²) in [5.41, 5.74) is 0.652. The molecule has 0 aliphatic carbocycles. The van der Waals surface area contributed by atoms with Crippen LogP contribution in [0.15, 0.2) is 29.1 Å². The van der Waals surface area contributed by atoms with Gasteiger partial charge in [-0.15, -0.1) is 0 Å². The van der Waals surface area contributed by atoms with E-state index >= 15 is 0 Å². The number of imidazole rings is 1. The average Bonchev–Trinajstić information content (AvgIpc) is 3.28. The molecule has 4 heterocycles. The summed E-state index contributed by atoms with van der Waals surface area (Å²) in [6.07, 6.45) is 6.43. The second-order valence-electron chi connectivity index (χ2n) is 7.58. The molecule has 1 unspecified atom stereocenters. The lowest BCUT2D eigenvalue weighted by atomic mass is 9.87. The van der Waals surface area contributed by atoms with Gasteiger partial charge in [0.15, 0.2) is 0 Å². The first-order valence-electron chi connectivity index (χ1n) is 9.16. The maximum atomic E-state index is 12.9. The molecule has 2 fully saturated rings. The smallest absolute Gasteiger partial charge is 0.257 e. The molecule has 2 aromatic heterocycles. The molecule has 1 amide bonds. The van der Waals surface area contributed by atoms with Gasteiger partial charge in [0.2, 0.25) is 0 Å². The van der Waals surface area contributed by atoms with Crippen LogP contribution >= 0.6 is 0 Å². The van der Waals surface area contributed by atoms with Crippen molar-refractivity contribution in [1.82, 2.24) is 19.4 Å². The van der Waals surface area contributed by atoms with Crippen LogP contribution in [0.25, 0.3) is 0 Å². The molecule has 7 nitrogen and oxygen atoms in total. The quantitative estimate of drug-likeness (QED) is 0.835. The molecule has 0 radical (unpaired) electrons. The van der Waals surface area contributed by atoms with Crippen LogP contribution in [-0.4, -0.2) is 64.7 Å². The Hall–Kier alpha value is -2.12. The van der Waals surface area contributed by atoms with Crippen LogP contribution in [0.3, 0.4) is 0 Å². The topological polar surface area (TPSA) is 63.7 Å². The van der Waals surface area contributed by atoms with Crippen LogP contribution in [0.2, 0.25) is 0 Å². The molecule has 140 valence electrons. The largest absolute Gasteiger partial charge is 0.469 e. The van der Waals surface area contributed by atoms with E-state index in [9.17, 15) is 4.79 Å². The minimum atomic E-state index is -0.00500. The van der Waals surface area contributed by atoms with Crippen molar-refractivity contribution in [1.29, 1.82) is 0 Å². The zero-order valence-corrected chi connectivity index (χ0v) is 15.5. The second kappa shape index (κ2) is 6.89. The molecule has 2 aliphatic heterocycles. The lowest BCUT2D eigenvalue weighted by Gasteiger charge is -2.32. The van der Waals surface area contributed by atoms with Gasteiger partial charge in [-0.25, -0.2) is 4.98 Å². The van der Waals surface area contributed by atoms with Gasteiger partial charge in [-0.2, -0.15) is 0 Å². The number of rotatable bonds is 3. The van der Waals surface area contributed by atoms with Crippen LogP contribution in [0.1, 0.15) is 28.4 Å². The third-order valence-electron chi connectivity index (χ3n) is 5.62. The highest BCUT2D eigenvalue weighted by molar-refractivity contribution is 5.95. The van der Waals surface area contributed by atoms with E-state index in [2.05, 4.69) is 14.5 Å². The SMILES string of the molecule is Cc1occc1C(=O)N1CCOCC2(CCN(Cc3nccn3C)C2)C1. The van der Waals surface area contributed by atoms with Gasteiger partial charge in [-0.3, -0.25) is 9.69 Å². The molecule has 0 saturated carbocycles. The molecule has 0 aromatic carbocycles. The van der Waals surface area contributed by atoms with Gasteiger partial charge < -0.3 is 18.6 Å². The highest BCUT2D eigenvalue weighted by atomic mass is 16.5. The second-order valence-corrected chi connectivity index (χ2v) is 7.58. The Bertz CT molecular complexity index is 783. The van der Waals surface area contributed by atoms with Crippen molar-refractivity contribution >= 4 is 5.91 Å². The number of amides is 1. The van der Waals surface area contributed by atoms with E-state index in [1.54, 1.807) is 12.3 Å². The first kappa shape index (κ1) is 17.3. The Labute approximate surface area is 153 Å². The Morgan fingerprint density at radius 3 is 2.96 bits per heavy atom. The van der Waals surface area contributed by atoms with Crippen molar-refractivity contribution in [2.24, 2.45) is 12.5 Å². The van der Waals surface area contributed by atoms with Gasteiger partial charge in [-0.1, -0.05) is 0 Å². The number of hydrogen-bond donors (Lipinski definition) is 0. The average molecular weight is 358 g/mol. The number of ether oxygens (including phenoxy) is 1. The number of carbonyl (C=O) groups is 1. The van der Waals surface area contributed by atoms with Gasteiger partial charge in [0.05, 0.1) is 31.6 Å². The van der Waals surface area contributed by atoms with Crippen molar-refractivity contribution < 1.29 is 13.9 Å². The number of aromatic nitrogens is 2. The predicted octanol–water partition coefficient (Wildman–Crippen LogP) is 1.69. The summed E-state index contributed by atoms with van der Waals surface area (Å²) >= 11 is 0. The van der Waals surface area contributed by atoms with E-state index in [4.69, 9.17) is 9.15 Å². The Morgan fingerprint density at radius 2 is 2.23 bits per heavy atom. The molecule has 4 rings (SSSR count). The maximum absolute atomic E-state index is 12.9. The molecular weight excluding hydrogens is 332 g/mol. The van der Waals surface area contributed by atoms with Gasteiger partial charge in [0, 0.05) is 44.5 Å². The van der Waals surface area contributed by atoms with Crippen molar-refractivity contribution in [3.8, 4) is 0 Å². The van der Waals surface area contributed by atoms with Crippen LogP contribution in [0.5, 0.6) is 0 Å². The Kier molecular flexibility index (Phi) is 4.58. The zero-order chi connectivity index (χ0) is 18.1. The van der Waals surface area contributed by atoms with Gasteiger partial charge in [0.1, 0.15) is 11.6 Å². The Morgan fingerprint density at radius 1 is 1.35 bits per heavy atom. The molecule has 7 heteroatoms. The molecule has 26 heavy (non-hydrogen) atoms. The highest BCUT2D eigenvalue weighted by Crippen LogP contribution is 2.34.